The third-order valence-electron chi connectivity index (χ3n) is 3.08. The molecule has 0 unspecified atom stereocenters. The van der Waals surface area contributed by atoms with Gasteiger partial charge >= 0.3 is 5.97 Å². The zero-order valence-electron chi connectivity index (χ0n) is 11.4. The molecule has 0 spiro atoms. The van der Waals surface area contributed by atoms with Crippen molar-refractivity contribution >= 4 is 5.97 Å². The van der Waals surface area contributed by atoms with E-state index in [1.54, 1.807) is 0 Å². The van der Waals surface area contributed by atoms with Crippen LogP contribution in [0.3, 0.4) is 0 Å². The Kier molecular flexibility index (Phi) is 5.13. The van der Waals surface area contributed by atoms with E-state index in [0.29, 0.717) is 6.61 Å². The minimum atomic E-state index is -0.370. The summed E-state index contributed by atoms with van der Waals surface area (Å²) in [6, 6.07) is 18.8. The lowest BCUT2D eigenvalue weighted by Gasteiger charge is -2.05. The Balaban J connectivity index is 1.86. The fourth-order valence-electron chi connectivity index (χ4n) is 1.98. The van der Waals surface area contributed by atoms with Gasteiger partial charge in [0.15, 0.2) is 0 Å². The van der Waals surface area contributed by atoms with Crippen molar-refractivity contribution in [2.75, 3.05) is 6.61 Å². The van der Waals surface area contributed by atoms with Crippen LogP contribution < -0.4 is 0 Å². The molecule has 0 amide bonds. The predicted molar refractivity (Wildman–Crippen MR) is 80.6 cm³/mol. The Hall–Kier alpha value is -2.35. The van der Waals surface area contributed by atoms with Crippen LogP contribution in [0, 0.1) is 0 Å². The highest BCUT2D eigenvalue weighted by molar-refractivity contribution is 5.81. The van der Waals surface area contributed by atoms with Crippen LogP contribution in [-0.2, 0) is 22.4 Å². The first-order chi connectivity index (χ1) is 9.78. The van der Waals surface area contributed by atoms with Gasteiger partial charge in [-0.3, -0.25) is 0 Å². The van der Waals surface area contributed by atoms with Gasteiger partial charge in [-0.1, -0.05) is 61.2 Å². The van der Waals surface area contributed by atoms with E-state index in [4.69, 9.17) is 4.74 Å². The number of ether oxygens (including phenoxy) is 1. The topological polar surface area (TPSA) is 26.3 Å². The summed E-state index contributed by atoms with van der Waals surface area (Å²) in [5.74, 6) is -0.370. The first kappa shape index (κ1) is 14.1. The predicted octanol–water partition coefficient (Wildman–Crippen LogP) is 3.55. The molecule has 0 aliphatic heterocycles. The van der Waals surface area contributed by atoms with Crippen LogP contribution in [0.2, 0.25) is 0 Å². The minimum absolute atomic E-state index is 0.370. The quantitative estimate of drug-likeness (QED) is 0.590. The molecule has 2 rings (SSSR count). The van der Waals surface area contributed by atoms with E-state index < -0.39 is 0 Å². The molecule has 2 aromatic rings. The Morgan fingerprint density at radius 2 is 1.55 bits per heavy atom. The van der Waals surface area contributed by atoms with Crippen LogP contribution in [-0.4, -0.2) is 12.6 Å². The smallest absolute Gasteiger partial charge is 0.330 e. The van der Waals surface area contributed by atoms with Crippen molar-refractivity contribution in [2.24, 2.45) is 0 Å². The molecule has 0 aliphatic carbocycles. The van der Waals surface area contributed by atoms with Crippen molar-refractivity contribution in [3.63, 3.8) is 0 Å². The van der Waals surface area contributed by atoms with E-state index in [2.05, 4.69) is 55.1 Å². The van der Waals surface area contributed by atoms with E-state index in [-0.39, 0.29) is 5.97 Å². The molecule has 0 radical (unpaired) electrons. The maximum atomic E-state index is 10.9. The maximum Gasteiger partial charge on any atom is 0.330 e. The first-order valence-electron chi connectivity index (χ1n) is 6.69. The average Bonchev–Trinajstić information content (AvgIpc) is 2.50. The van der Waals surface area contributed by atoms with Crippen molar-refractivity contribution in [3.8, 4) is 0 Å². The molecule has 0 atom stereocenters. The summed E-state index contributed by atoms with van der Waals surface area (Å²) in [7, 11) is 0. The molecular formula is C18H18O2. The second-order valence-corrected chi connectivity index (χ2v) is 4.60. The zero-order valence-corrected chi connectivity index (χ0v) is 11.4. The fraction of sp³-hybridized carbons (Fsp3) is 0.167. The number of carbonyl (C=O) groups is 1. The Morgan fingerprint density at radius 3 is 2.20 bits per heavy atom. The highest BCUT2D eigenvalue weighted by atomic mass is 16.5. The van der Waals surface area contributed by atoms with E-state index in [0.717, 1.165) is 12.8 Å². The average molecular weight is 266 g/mol. The number of hydrogen-bond donors (Lipinski definition) is 0. The van der Waals surface area contributed by atoms with Gasteiger partial charge in [0, 0.05) is 12.5 Å². The van der Waals surface area contributed by atoms with Crippen LogP contribution in [0.4, 0.5) is 0 Å². The van der Waals surface area contributed by atoms with E-state index in [1.807, 2.05) is 6.07 Å². The lowest BCUT2D eigenvalue weighted by atomic mass is 10.0. The third-order valence-corrected chi connectivity index (χ3v) is 3.08. The summed E-state index contributed by atoms with van der Waals surface area (Å²) < 4.78 is 4.96. The monoisotopic (exact) mass is 266 g/mol. The third kappa shape index (κ3) is 4.39. The van der Waals surface area contributed by atoms with Crippen LogP contribution in [0.15, 0.2) is 67.3 Å². The summed E-state index contributed by atoms with van der Waals surface area (Å²) in [6.07, 6.45) is 2.85. The molecule has 2 aromatic carbocycles. The van der Waals surface area contributed by atoms with Gasteiger partial charge in [0.25, 0.3) is 0 Å². The minimum Gasteiger partial charge on any atom is -0.462 e. The largest absolute Gasteiger partial charge is 0.462 e. The van der Waals surface area contributed by atoms with Crippen LogP contribution in [0.1, 0.15) is 16.7 Å². The summed E-state index contributed by atoms with van der Waals surface area (Å²) in [6.45, 7) is 3.75. The van der Waals surface area contributed by atoms with Gasteiger partial charge in [0.2, 0.25) is 0 Å². The maximum absolute atomic E-state index is 10.9. The second-order valence-electron chi connectivity index (χ2n) is 4.60. The SMILES string of the molecule is C=CC(=O)OCCc1ccc(Cc2ccccc2)cc1. The van der Waals surface area contributed by atoms with Gasteiger partial charge in [-0.05, 0) is 23.1 Å². The second kappa shape index (κ2) is 7.29. The number of carbonyl (C=O) groups excluding carboxylic acids is 1. The molecule has 0 aliphatic rings. The molecule has 0 N–H and O–H groups in total. The molecule has 2 heteroatoms. The van der Waals surface area contributed by atoms with Crippen molar-refractivity contribution in [1.29, 1.82) is 0 Å². The van der Waals surface area contributed by atoms with Gasteiger partial charge in [-0.25, -0.2) is 4.79 Å². The van der Waals surface area contributed by atoms with Crippen LogP contribution in [0.25, 0.3) is 0 Å². The van der Waals surface area contributed by atoms with Gasteiger partial charge in [-0.15, -0.1) is 0 Å². The summed E-state index contributed by atoms with van der Waals surface area (Å²) >= 11 is 0. The summed E-state index contributed by atoms with van der Waals surface area (Å²) in [5.41, 5.74) is 3.75. The highest BCUT2D eigenvalue weighted by Crippen LogP contribution is 2.11. The molecule has 0 saturated heterocycles. The normalized spacial score (nSPS) is 10.0. The van der Waals surface area contributed by atoms with Gasteiger partial charge in [0.05, 0.1) is 6.61 Å². The molecule has 2 nitrogen and oxygen atoms in total. The lowest BCUT2D eigenvalue weighted by Crippen LogP contribution is -2.04. The molecule has 0 fully saturated rings. The van der Waals surface area contributed by atoms with E-state index in [9.17, 15) is 4.79 Å². The summed E-state index contributed by atoms with van der Waals surface area (Å²) in [5, 5.41) is 0. The number of hydrogen-bond acceptors (Lipinski definition) is 2. The van der Waals surface area contributed by atoms with Crippen LogP contribution in [0.5, 0.6) is 0 Å². The van der Waals surface area contributed by atoms with Gasteiger partial charge in [-0.2, -0.15) is 0 Å². The van der Waals surface area contributed by atoms with E-state index >= 15 is 0 Å². The number of benzene rings is 2. The Bertz CT molecular complexity index is 556. The van der Waals surface area contributed by atoms with Gasteiger partial charge < -0.3 is 4.74 Å². The highest BCUT2D eigenvalue weighted by Gasteiger charge is 1.99. The standard InChI is InChI=1S/C18H18O2/c1-2-18(19)20-13-12-15-8-10-17(11-9-15)14-16-6-4-3-5-7-16/h2-11H,1,12-14H2. The molecule has 0 bridgehead atoms. The Morgan fingerprint density at radius 1 is 0.950 bits per heavy atom. The van der Waals surface area contributed by atoms with Gasteiger partial charge in [0.1, 0.15) is 0 Å². The molecule has 0 aromatic heterocycles. The molecule has 20 heavy (non-hydrogen) atoms. The van der Waals surface area contributed by atoms with Crippen LogP contribution >= 0.6 is 0 Å². The van der Waals surface area contributed by atoms with Crippen molar-refractivity contribution in [1.82, 2.24) is 0 Å². The molecular weight excluding hydrogens is 248 g/mol. The molecule has 0 heterocycles. The van der Waals surface area contributed by atoms with Crippen molar-refractivity contribution < 1.29 is 9.53 Å². The zero-order chi connectivity index (χ0) is 14.2. The van der Waals surface area contributed by atoms with Crippen molar-refractivity contribution in [3.05, 3.63) is 83.9 Å². The summed E-state index contributed by atoms with van der Waals surface area (Å²) in [4.78, 5) is 10.9. The number of esters is 1. The molecule has 0 saturated carbocycles. The van der Waals surface area contributed by atoms with Crippen molar-refractivity contribution in [2.45, 2.75) is 12.8 Å². The first-order valence-corrected chi connectivity index (χ1v) is 6.69. The molecule has 102 valence electrons. The lowest BCUT2D eigenvalue weighted by molar-refractivity contribution is -0.137. The fourth-order valence-corrected chi connectivity index (χ4v) is 1.98. The number of rotatable bonds is 6. The van der Waals surface area contributed by atoms with E-state index in [1.165, 1.54) is 22.8 Å². The Labute approximate surface area is 119 Å².